The predicted octanol–water partition coefficient (Wildman–Crippen LogP) is -0.732. The highest BCUT2D eigenvalue weighted by Crippen LogP contribution is 1.95. The Morgan fingerprint density at radius 1 is 1.67 bits per heavy atom. The summed E-state index contributed by atoms with van der Waals surface area (Å²) in [5, 5.41) is 16.4. The van der Waals surface area contributed by atoms with Crippen LogP contribution in [0.2, 0.25) is 0 Å². The molecule has 0 saturated carbocycles. The summed E-state index contributed by atoms with van der Waals surface area (Å²) in [6.45, 7) is -0.393. The molecule has 52 valence electrons. The first kappa shape index (κ1) is 8.10. The molecule has 4 nitrogen and oxygen atoms in total. The molecular formula is C5H8O4. The molecule has 0 aliphatic carbocycles. The molecule has 0 aromatic carbocycles. The van der Waals surface area contributed by atoms with Crippen molar-refractivity contribution in [1.29, 1.82) is 0 Å². The monoisotopic (exact) mass is 132 g/mol. The van der Waals surface area contributed by atoms with E-state index in [1.54, 1.807) is 0 Å². The Balaban J connectivity index is 3.55. The molecule has 4 heteroatoms. The molecular weight excluding hydrogens is 124 g/mol. The van der Waals surface area contributed by atoms with Gasteiger partial charge in [0.2, 0.25) is 0 Å². The van der Waals surface area contributed by atoms with Gasteiger partial charge in [-0.05, 0) is 0 Å². The molecule has 0 saturated heterocycles. The average Bonchev–Trinajstić information content (AvgIpc) is 1.82. The van der Waals surface area contributed by atoms with Crippen molar-refractivity contribution in [3.8, 4) is 0 Å². The number of carbonyl (C=O) groups excluding carboxylic acids is 1. The van der Waals surface area contributed by atoms with E-state index in [9.17, 15) is 9.59 Å². The Kier molecular flexibility index (Phi) is 3.62. The third kappa shape index (κ3) is 3.66. The lowest BCUT2D eigenvalue weighted by Gasteiger charge is -1.98. The lowest BCUT2D eigenvalue weighted by atomic mass is 10.1. The van der Waals surface area contributed by atoms with Gasteiger partial charge in [-0.1, -0.05) is 0 Å². The van der Waals surface area contributed by atoms with Crippen LogP contribution in [0.1, 0.15) is 6.42 Å². The summed E-state index contributed by atoms with van der Waals surface area (Å²) in [6, 6.07) is 0. The van der Waals surface area contributed by atoms with Gasteiger partial charge < -0.3 is 15.0 Å². The Hall–Kier alpha value is -0.900. The number of hydrogen-bond acceptors (Lipinski definition) is 3. The summed E-state index contributed by atoms with van der Waals surface area (Å²) < 4.78 is 0. The summed E-state index contributed by atoms with van der Waals surface area (Å²) >= 11 is 0. The van der Waals surface area contributed by atoms with E-state index in [1.807, 2.05) is 0 Å². The number of aliphatic hydroxyl groups is 1. The van der Waals surface area contributed by atoms with Crippen LogP contribution in [0.3, 0.4) is 0 Å². The van der Waals surface area contributed by atoms with Crippen molar-refractivity contribution in [2.24, 2.45) is 5.92 Å². The molecule has 0 aliphatic rings. The van der Waals surface area contributed by atoms with Crippen LogP contribution in [0, 0.1) is 5.92 Å². The fourth-order valence-electron chi connectivity index (χ4n) is 0.380. The minimum Gasteiger partial charge on any atom is -0.481 e. The van der Waals surface area contributed by atoms with Crippen LogP contribution in [0.15, 0.2) is 0 Å². The van der Waals surface area contributed by atoms with Crippen LogP contribution in [-0.2, 0) is 9.59 Å². The first-order valence-corrected chi connectivity index (χ1v) is 2.48. The molecule has 0 aliphatic heterocycles. The molecule has 0 aromatic heterocycles. The summed E-state index contributed by atoms with van der Waals surface area (Å²) in [7, 11) is 0. The summed E-state index contributed by atoms with van der Waals surface area (Å²) in [5.41, 5.74) is 0. The van der Waals surface area contributed by atoms with Crippen LogP contribution in [0.4, 0.5) is 0 Å². The number of carboxylic acids is 1. The second-order valence-electron chi connectivity index (χ2n) is 1.68. The van der Waals surface area contributed by atoms with E-state index < -0.39 is 18.5 Å². The second kappa shape index (κ2) is 4.03. The second-order valence-corrected chi connectivity index (χ2v) is 1.68. The number of carbonyl (C=O) groups is 2. The molecule has 0 spiro atoms. The van der Waals surface area contributed by atoms with Crippen LogP contribution in [0.5, 0.6) is 0 Å². The lowest BCUT2D eigenvalue weighted by Crippen LogP contribution is -2.12. The summed E-state index contributed by atoms with van der Waals surface area (Å²) in [5.74, 6) is -1.82. The molecule has 1 unspecified atom stereocenters. The van der Waals surface area contributed by atoms with E-state index in [2.05, 4.69) is 0 Å². The van der Waals surface area contributed by atoms with E-state index in [1.165, 1.54) is 0 Å². The largest absolute Gasteiger partial charge is 0.481 e. The van der Waals surface area contributed by atoms with Gasteiger partial charge in [0, 0.05) is 5.92 Å². The topological polar surface area (TPSA) is 74.6 Å². The third-order valence-corrected chi connectivity index (χ3v) is 0.864. The highest BCUT2D eigenvalue weighted by molar-refractivity contribution is 5.71. The molecule has 2 N–H and O–H groups in total. The van der Waals surface area contributed by atoms with Crippen molar-refractivity contribution in [3.05, 3.63) is 0 Å². The molecule has 0 rings (SSSR count). The predicted molar refractivity (Wildman–Crippen MR) is 28.9 cm³/mol. The fourth-order valence-corrected chi connectivity index (χ4v) is 0.380. The van der Waals surface area contributed by atoms with Crippen molar-refractivity contribution in [2.75, 3.05) is 6.61 Å². The highest BCUT2D eigenvalue weighted by Gasteiger charge is 2.09. The Bertz CT molecular complexity index is 110. The van der Waals surface area contributed by atoms with Gasteiger partial charge in [0.25, 0.3) is 0 Å². The number of hydrogen-bond donors (Lipinski definition) is 2. The third-order valence-electron chi connectivity index (χ3n) is 0.864. The van der Waals surface area contributed by atoms with Gasteiger partial charge in [-0.3, -0.25) is 4.79 Å². The Labute approximate surface area is 52.1 Å². The van der Waals surface area contributed by atoms with Gasteiger partial charge in [0.15, 0.2) is 0 Å². The molecule has 0 amide bonds. The van der Waals surface area contributed by atoms with E-state index >= 15 is 0 Å². The highest BCUT2D eigenvalue weighted by atomic mass is 16.4. The maximum Gasteiger partial charge on any atom is 0.304 e. The molecule has 0 radical (unpaired) electrons. The van der Waals surface area contributed by atoms with Crippen LogP contribution < -0.4 is 0 Å². The van der Waals surface area contributed by atoms with Gasteiger partial charge in [0.05, 0.1) is 13.0 Å². The van der Waals surface area contributed by atoms with E-state index in [0.29, 0.717) is 6.29 Å². The molecule has 9 heavy (non-hydrogen) atoms. The van der Waals surface area contributed by atoms with Crippen LogP contribution in [0.25, 0.3) is 0 Å². The molecule has 1 atom stereocenters. The zero-order chi connectivity index (χ0) is 7.28. The molecule has 0 bridgehead atoms. The van der Waals surface area contributed by atoms with Crippen LogP contribution in [-0.4, -0.2) is 29.1 Å². The fraction of sp³-hybridized carbons (Fsp3) is 0.600. The Morgan fingerprint density at radius 3 is 2.33 bits per heavy atom. The molecule has 0 aromatic rings. The number of aldehydes is 1. The van der Waals surface area contributed by atoms with Gasteiger partial charge in [-0.25, -0.2) is 0 Å². The van der Waals surface area contributed by atoms with Gasteiger partial charge >= 0.3 is 5.97 Å². The van der Waals surface area contributed by atoms with Crippen molar-refractivity contribution in [2.45, 2.75) is 6.42 Å². The van der Waals surface area contributed by atoms with Gasteiger partial charge in [-0.15, -0.1) is 0 Å². The standard InChI is InChI=1S/C5H8O4/c6-2-4(3-7)1-5(8)9/h2,4,7H,1,3H2,(H,8,9). The smallest absolute Gasteiger partial charge is 0.304 e. The quantitative estimate of drug-likeness (QED) is 0.494. The first-order chi connectivity index (χ1) is 4.20. The maximum atomic E-state index is 9.86. The summed E-state index contributed by atoms with van der Waals surface area (Å²) in [4.78, 5) is 19.7. The number of aliphatic carboxylic acids is 1. The SMILES string of the molecule is O=CC(CO)CC(=O)O. The minimum absolute atomic E-state index is 0.292. The number of aliphatic hydroxyl groups excluding tert-OH is 1. The van der Waals surface area contributed by atoms with E-state index in [0.717, 1.165) is 0 Å². The normalized spacial score (nSPS) is 12.6. The maximum absolute atomic E-state index is 9.86. The average molecular weight is 132 g/mol. The van der Waals surface area contributed by atoms with E-state index in [-0.39, 0.29) is 6.42 Å². The number of carboxylic acid groups (broad SMARTS) is 1. The van der Waals surface area contributed by atoms with Gasteiger partial charge in [-0.2, -0.15) is 0 Å². The lowest BCUT2D eigenvalue weighted by molar-refractivity contribution is -0.139. The van der Waals surface area contributed by atoms with E-state index in [4.69, 9.17) is 10.2 Å². The molecule has 0 fully saturated rings. The summed E-state index contributed by atoms with van der Waals surface area (Å²) in [6.07, 6.45) is 0.147. The first-order valence-electron chi connectivity index (χ1n) is 2.48. The van der Waals surface area contributed by atoms with Gasteiger partial charge in [0.1, 0.15) is 6.29 Å². The van der Waals surface area contributed by atoms with Crippen molar-refractivity contribution < 1.29 is 19.8 Å². The number of rotatable bonds is 4. The van der Waals surface area contributed by atoms with Crippen LogP contribution >= 0.6 is 0 Å². The van der Waals surface area contributed by atoms with Crippen molar-refractivity contribution in [1.82, 2.24) is 0 Å². The minimum atomic E-state index is -1.07. The Morgan fingerprint density at radius 2 is 2.22 bits per heavy atom. The zero-order valence-electron chi connectivity index (χ0n) is 4.78. The van der Waals surface area contributed by atoms with Crippen molar-refractivity contribution in [3.63, 3.8) is 0 Å². The molecule has 0 heterocycles. The zero-order valence-corrected chi connectivity index (χ0v) is 4.78. The van der Waals surface area contributed by atoms with Crippen molar-refractivity contribution >= 4 is 12.3 Å².